The summed E-state index contributed by atoms with van der Waals surface area (Å²) in [6.45, 7) is 1.74. The van der Waals surface area contributed by atoms with Crippen molar-refractivity contribution in [2.45, 2.75) is 38.1 Å². The third-order valence-electron chi connectivity index (χ3n) is 4.03. The maximum atomic E-state index is 12.6. The van der Waals surface area contributed by atoms with Crippen LogP contribution in [0.3, 0.4) is 0 Å². The summed E-state index contributed by atoms with van der Waals surface area (Å²) in [4.78, 5) is 32.1. The smallest absolute Gasteiger partial charge is 0.245 e. The molecule has 1 aromatic heterocycles. The van der Waals surface area contributed by atoms with Crippen LogP contribution in [0.15, 0.2) is 10.9 Å². The predicted octanol–water partition coefficient (Wildman–Crippen LogP) is 0.225. The predicted molar refractivity (Wildman–Crippen MR) is 68.6 cm³/mol. The van der Waals surface area contributed by atoms with Gasteiger partial charge in [0, 0.05) is 32.5 Å². The molecule has 1 atom stereocenters. The van der Waals surface area contributed by atoms with Gasteiger partial charge in [0.15, 0.2) is 5.82 Å². The van der Waals surface area contributed by atoms with Gasteiger partial charge in [0.25, 0.3) is 0 Å². The summed E-state index contributed by atoms with van der Waals surface area (Å²) in [5.74, 6) is 0.762. The average Bonchev–Trinajstić information content (AvgIpc) is 2.96. The fourth-order valence-corrected chi connectivity index (χ4v) is 2.94. The molecular formula is C13H18N4O3. The normalized spacial score (nSPS) is 23.7. The van der Waals surface area contributed by atoms with Crippen LogP contribution < -0.4 is 0 Å². The van der Waals surface area contributed by atoms with Gasteiger partial charge in [-0.2, -0.15) is 4.98 Å². The third-order valence-corrected chi connectivity index (χ3v) is 4.03. The summed E-state index contributed by atoms with van der Waals surface area (Å²) in [6, 6.07) is -0.260. The molecule has 0 spiro atoms. The van der Waals surface area contributed by atoms with Crippen LogP contribution in [0.25, 0.3) is 0 Å². The first-order valence-electron chi connectivity index (χ1n) is 7.09. The second-order valence-electron chi connectivity index (χ2n) is 5.27. The number of amides is 2. The lowest BCUT2D eigenvalue weighted by atomic mass is 10.0. The Morgan fingerprint density at radius 1 is 1.30 bits per heavy atom. The van der Waals surface area contributed by atoms with E-state index in [1.54, 1.807) is 9.80 Å². The summed E-state index contributed by atoms with van der Waals surface area (Å²) in [5, 5.41) is 3.74. The zero-order valence-corrected chi connectivity index (χ0v) is 11.3. The number of rotatable bonds is 3. The van der Waals surface area contributed by atoms with Crippen LogP contribution in [0.5, 0.6) is 0 Å². The van der Waals surface area contributed by atoms with Crippen LogP contribution in [-0.2, 0) is 16.0 Å². The standard InChI is InChI=1S/C13H18N4O3/c18-12-5-8-16(7-4-11-14-9-20-15-11)13(19)10-3-1-2-6-17(10)12/h9-10H,1-8H2. The fourth-order valence-electron chi connectivity index (χ4n) is 2.94. The molecule has 3 heterocycles. The monoisotopic (exact) mass is 278 g/mol. The van der Waals surface area contributed by atoms with Gasteiger partial charge >= 0.3 is 0 Å². The van der Waals surface area contributed by atoms with Gasteiger partial charge in [0.05, 0.1) is 0 Å². The molecule has 1 unspecified atom stereocenters. The Labute approximate surface area is 116 Å². The van der Waals surface area contributed by atoms with Crippen molar-refractivity contribution in [3.05, 3.63) is 12.2 Å². The molecule has 2 aliphatic rings. The van der Waals surface area contributed by atoms with Crippen LogP contribution in [0, 0.1) is 0 Å². The summed E-state index contributed by atoms with van der Waals surface area (Å²) in [5.41, 5.74) is 0. The molecule has 0 saturated carbocycles. The number of fused-ring (bicyclic) bond motifs is 1. The van der Waals surface area contributed by atoms with E-state index in [4.69, 9.17) is 0 Å². The molecule has 2 amide bonds. The lowest BCUT2D eigenvalue weighted by Gasteiger charge is -2.34. The molecule has 7 nitrogen and oxygen atoms in total. The molecule has 108 valence electrons. The Bertz CT molecular complexity index is 488. The van der Waals surface area contributed by atoms with E-state index in [0.717, 1.165) is 19.3 Å². The van der Waals surface area contributed by atoms with E-state index < -0.39 is 0 Å². The van der Waals surface area contributed by atoms with E-state index in [0.29, 0.717) is 38.3 Å². The number of hydrogen-bond donors (Lipinski definition) is 0. The molecule has 20 heavy (non-hydrogen) atoms. The zero-order valence-electron chi connectivity index (χ0n) is 11.3. The number of carbonyl (C=O) groups is 2. The van der Waals surface area contributed by atoms with Crippen LogP contribution in [0.4, 0.5) is 0 Å². The van der Waals surface area contributed by atoms with Crippen molar-refractivity contribution in [3.8, 4) is 0 Å². The highest BCUT2D eigenvalue weighted by molar-refractivity contribution is 5.90. The first-order chi connectivity index (χ1) is 9.75. The van der Waals surface area contributed by atoms with E-state index >= 15 is 0 Å². The first kappa shape index (κ1) is 13.1. The highest BCUT2D eigenvalue weighted by atomic mass is 16.5. The first-order valence-corrected chi connectivity index (χ1v) is 7.09. The molecule has 0 aliphatic carbocycles. The largest absolute Gasteiger partial charge is 0.343 e. The van der Waals surface area contributed by atoms with Gasteiger partial charge in [-0.05, 0) is 19.3 Å². The lowest BCUT2D eigenvalue weighted by Crippen LogP contribution is -2.50. The Kier molecular flexibility index (Phi) is 3.66. The number of piperidine rings is 1. The van der Waals surface area contributed by atoms with E-state index in [-0.39, 0.29) is 17.9 Å². The topological polar surface area (TPSA) is 79.5 Å². The summed E-state index contributed by atoms with van der Waals surface area (Å²) < 4.78 is 4.68. The Morgan fingerprint density at radius 3 is 3.00 bits per heavy atom. The van der Waals surface area contributed by atoms with Crippen molar-refractivity contribution < 1.29 is 14.1 Å². The second-order valence-corrected chi connectivity index (χ2v) is 5.27. The Balaban J connectivity index is 1.68. The van der Waals surface area contributed by atoms with Crippen molar-refractivity contribution in [2.24, 2.45) is 0 Å². The molecule has 0 aromatic carbocycles. The van der Waals surface area contributed by atoms with Crippen molar-refractivity contribution in [3.63, 3.8) is 0 Å². The maximum absolute atomic E-state index is 12.6. The van der Waals surface area contributed by atoms with Crippen LogP contribution >= 0.6 is 0 Å². The molecule has 7 heteroatoms. The van der Waals surface area contributed by atoms with Crippen molar-refractivity contribution in [1.82, 2.24) is 19.9 Å². The van der Waals surface area contributed by atoms with Gasteiger partial charge in [-0.3, -0.25) is 9.59 Å². The Morgan fingerprint density at radius 2 is 2.20 bits per heavy atom. The van der Waals surface area contributed by atoms with Crippen molar-refractivity contribution in [1.29, 1.82) is 0 Å². The van der Waals surface area contributed by atoms with Gasteiger partial charge < -0.3 is 14.3 Å². The van der Waals surface area contributed by atoms with Crippen molar-refractivity contribution in [2.75, 3.05) is 19.6 Å². The molecular weight excluding hydrogens is 260 g/mol. The molecule has 2 fully saturated rings. The van der Waals surface area contributed by atoms with Gasteiger partial charge in [0.1, 0.15) is 6.04 Å². The summed E-state index contributed by atoms with van der Waals surface area (Å²) in [7, 11) is 0. The average molecular weight is 278 g/mol. The summed E-state index contributed by atoms with van der Waals surface area (Å²) >= 11 is 0. The number of carbonyl (C=O) groups excluding carboxylic acids is 2. The fraction of sp³-hybridized carbons (Fsp3) is 0.692. The molecule has 2 aliphatic heterocycles. The number of nitrogens with zero attached hydrogens (tertiary/aromatic N) is 4. The van der Waals surface area contributed by atoms with Gasteiger partial charge in [-0.1, -0.05) is 5.16 Å². The molecule has 0 radical (unpaired) electrons. The summed E-state index contributed by atoms with van der Waals surface area (Å²) in [6.07, 6.45) is 5.05. The number of aromatic nitrogens is 2. The van der Waals surface area contributed by atoms with E-state index in [1.807, 2.05) is 0 Å². The van der Waals surface area contributed by atoms with E-state index in [9.17, 15) is 9.59 Å². The quantitative estimate of drug-likeness (QED) is 0.790. The highest BCUT2D eigenvalue weighted by Crippen LogP contribution is 2.22. The minimum absolute atomic E-state index is 0.0686. The molecule has 1 aromatic rings. The maximum Gasteiger partial charge on any atom is 0.245 e. The van der Waals surface area contributed by atoms with Crippen molar-refractivity contribution >= 4 is 11.8 Å². The minimum Gasteiger partial charge on any atom is -0.343 e. The van der Waals surface area contributed by atoms with E-state index in [2.05, 4.69) is 14.7 Å². The minimum atomic E-state index is -0.260. The van der Waals surface area contributed by atoms with Crippen LogP contribution in [-0.4, -0.2) is 57.4 Å². The van der Waals surface area contributed by atoms with Crippen LogP contribution in [0.1, 0.15) is 31.5 Å². The molecule has 2 saturated heterocycles. The SMILES string of the molecule is O=C1C2CCCCN2C(=O)CCN1CCc1ncon1. The van der Waals surface area contributed by atoms with Gasteiger partial charge in [-0.15, -0.1) is 0 Å². The van der Waals surface area contributed by atoms with E-state index in [1.165, 1.54) is 6.39 Å². The van der Waals surface area contributed by atoms with Gasteiger partial charge in [0.2, 0.25) is 18.2 Å². The molecule has 3 rings (SSSR count). The zero-order chi connectivity index (χ0) is 13.9. The number of hydrogen-bond acceptors (Lipinski definition) is 5. The lowest BCUT2D eigenvalue weighted by molar-refractivity contribution is -0.143. The van der Waals surface area contributed by atoms with Crippen LogP contribution in [0.2, 0.25) is 0 Å². The molecule has 0 bridgehead atoms. The van der Waals surface area contributed by atoms with Gasteiger partial charge in [-0.25, -0.2) is 0 Å². The highest BCUT2D eigenvalue weighted by Gasteiger charge is 2.37. The third kappa shape index (κ3) is 2.52. The Hall–Kier alpha value is -1.92. The second kappa shape index (κ2) is 5.60. The molecule has 0 N–H and O–H groups in total.